The van der Waals surface area contributed by atoms with Gasteiger partial charge < -0.3 is 37.2 Å². The van der Waals surface area contributed by atoms with E-state index in [1.165, 1.54) is 0 Å². The predicted octanol–water partition coefficient (Wildman–Crippen LogP) is -2.81. The van der Waals surface area contributed by atoms with Gasteiger partial charge in [-0.05, 0) is 25.3 Å². The number of hydrogen-bond donors (Lipinski definition) is 7. The molecule has 0 bridgehead atoms. The van der Waals surface area contributed by atoms with Crippen LogP contribution < -0.4 is 27.0 Å². The zero-order valence-electron chi connectivity index (χ0n) is 17.1. The molecule has 0 spiro atoms. The van der Waals surface area contributed by atoms with Gasteiger partial charge in [0, 0.05) is 0 Å². The summed E-state index contributed by atoms with van der Waals surface area (Å²) in [6, 6.07) is -4.45. The summed E-state index contributed by atoms with van der Waals surface area (Å²) in [7, 11) is 0. The number of nitrogens with two attached hydrogens (primary N) is 1. The largest absolute Gasteiger partial charge is 0.480 e. The maximum atomic E-state index is 12.8. The number of nitrogens with one attached hydrogen (secondary N) is 4. The first-order valence-electron chi connectivity index (χ1n) is 9.87. The van der Waals surface area contributed by atoms with Crippen LogP contribution in [0, 0.1) is 5.92 Å². The van der Waals surface area contributed by atoms with Crippen molar-refractivity contribution in [3.63, 3.8) is 0 Å². The number of aliphatic hydroxyl groups is 1. The molecule has 5 unspecified atom stereocenters. The van der Waals surface area contributed by atoms with Gasteiger partial charge in [0.25, 0.3) is 0 Å². The normalized spacial score (nSPS) is 19.8. The Bertz CT molecular complexity index is 651. The highest BCUT2D eigenvalue weighted by atomic mass is 16.4. The fourth-order valence-electron chi connectivity index (χ4n) is 2.99. The highest BCUT2D eigenvalue weighted by Gasteiger charge is 2.33. The van der Waals surface area contributed by atoms with Crippen molar-refractivity contribution in [3.8, 4) is 0 Å². The Balaban J connectivity index is 2.92. The molecule has 1 aliphatic rings. The fourth-order valence-corrected chi connectivity index (χ4v) is 2.99. The molecule has 1 aliphatic heterocycles. The molecule has 1 saturated heterocycles. The summed E-state index contributed by atoms with van der Waals surface area (Å²) in [5, 5.41) is 28.1. The Labute approximate surface area is 174 Å². The van der Waals surface area contributed by atoms with Gasteiger partial charge in [0.1, 0.15) is 18.1 Å². The third-order valence-corrected chi connectivity index (χ3v) is 5.01. The summed E-state index contributed by atoms with van der Waals surface area (Å²) in [6.07, 6.45) is 1.45. The molecule has 12 nitrogen and oxygen atoms in total. The number of rotatable bonds is 12. The van der Waals surface area contributed by atoms with Crippen molar-refractivity contribution in [1.82, 2.24) is 21.3 Å². The highest BCUT2D eigenvalue weighted by Crippen LogP contribution is 2.11. The molecule has 4 amide bonds. The Morgan fingerprint density at radius 1 is 1.10 bits per heavy atom. The molecule has 0 aromatic heterocycles. The second-order valence-electron chi connectivity index (χ2n) is 7.33. The summed E-state index contributed by atoms with van der Waals surface area (Å²) in [5.74, 6) is -4.69. The molecular formula is C18H31N5O7. The number of aliphatic hydroxyl groups excluding tert-OH is 1. The van der Waals surface area contributed by atoms with E-state index in [2.05, 4.69) is 16.0 Å². The summed E-state index contributed by atoms with van der Waals surface area (Å²) in [5.41, 5.74) is 5.14. The molecule has 0 aromatic rings. The molecular weight excluding hydrogens is 398 g/mol. The quantitative estimate of drug-likeness (QED) is 0.172. The van der Waals surface area contributed by atoms with Gasteiger partial charge in [0.15, 0.2) is 0 Å². The molecule has 0 radical (unpaired) electrons. The van der Waals surface area contributed by atoms with Crippen LogP contribution in [0.15, 0.2) is 0 Å². The van der Waals surface area contributed by atoms with E-state index in [1.54, 1.807) is 6.92 Å². The Hall–Kier alpha value is -2.73. The van der Waals surface area contributed by atoms with Crippen molar-refractivity contribution < 1.29 is 34.2 Å². The van der Waals surface area contributed by atoms with E-state index < -0.39 is 60.9 Å². The summed E-state index contributed by atoms with van der Waals surface area (Å²) >= 11 is 0. The Morgan fingerprint density at radius 2 is 1.73 bits per heavy atom. The number of amides is 4. The van der Waals surface area contributed by atoms with Gasteiger partial charge in [-0.1, -0.05) is 20.3 Å². The first-order chi connectivity index (χ1) is 14.1. The predicted molar refractivity (Wildman–Crippen MR) is 105 cm³/mol. The topological polar surface area (TPSA) is 200 Å². The van der Waals surface area contributed by atoms with Crippen LogP contribution in [0.4, 0.5) is 0 Å². The van der Waals surface area contributed by atoms with E-state index >= 15 is 0 Å². The Kier molecular flexibility index (Phi) is 10.2. The van der Waals surface area contributed by atoms with Gasteiger partial charge in [0.05, 0.1) is 19.1 Å². The zero-order chi connectivity index (χ0) is 22.8. The molecule has 170 valence electrons. The number of aliphatic carboxylic acids is 1. The van der Waals surface area contributed by atoms with Crippen molar-refractivity contribution in [2.45, 2.75) is 63.7 Å². The van der Waals surface area contributed by atoms with Crippen LogP contribution in [0.1, 0.15) is 39.5 Å². The lowest BCUT2D eigenvalue weighted by Crippen LogP contribution is -2.59. The van der Waals surface area contributed by atoms with Gasteiger partial charge >= 0.3 is 5.97 Å². The van der Waals surface area contributed by atoms with Crippen molar-refractivity contribution in [2.75, 3.05) is 13.2 Å². The highest BCUT2D eigenvalue weighted by molar-refractivity contribution is 5.96. The van der Waals surface area contributed by atoms with E-state index in [-0.39, 0.29) is 11.8 Å². The van der Waals surface area contributed by atoms with Crippen LogP contribution in [-0.4, -0.2) is 77.1 Å². The third-order valence-electron chi connectivity index (χ3n) is 5.01. The van der Waals surface area contributed by atoms with E-state index in [0.29, 0.717) is 19.4 Å². The lowest BCUT2D eigenvalue weighted by molar-refractivity contribution is -0.143. The monoisotopic (exact) mass is 429 g/mol. The number of hydrogen-bond acceptors (Lipinski definition) is 7. The van der Waals surface area contributed by atoms with Crippen molar-refractivity contribution in [1.29, 1.82) is 0 Å². The third kappa shape index (κ3) is 7.59. The van der Waals surface area contributed by atoms with E-state index in [4.69, 9.17) is 15.9 Å². The van der Waals surface area contributed by atoms with Gasteiger partial charge in [-0.2, -0.15) is 0 Å². The molecule has 12 heteroatoms. The summed E-state index contributed by atoms with van der Waals surface area (Å²) < 4.78 is 0. The van der Waals surface area contributed by atoms with Crippen molar-refractivity contribution in [3.05, 3.63) is 0 Å². The molecule has 1 heterocycles. The molecule has 5 atom stereocenters. The number of primary amides is 1. The van der Waals surface area contributed by atoms with Gasteiger partial charge in [-0.3, -0.25) is 19.2 Å². The second-order valence-corrected chi connectivity index (χ2v) is 7.33. The molecule has 0 aromatic carbocycles. The average molecular weight is 429 g/mol. The number of carboxylic acids is 1. The molecule has 30 heavy (non-hydrogen) atoms. The Morgan fingerprint density at radius 3 is 2.20 bits per heavy atom. The van der Waals surface area contributed by atoms with Crippen molar-refractivity contribution >= 4 is 29.6 Å². The fraction of sp³-hybridized carbons (Fsp3) is 0.722. The van der Waals surface area contributed by atoms with Gasteiger partial charge in [0.2, 0.25) is 23.6 Å². The van der Waals surface area contributed by atoms with Gasteiger partial charge in [-0.25, -0.2) is 4.79 Å². The maximum Gasteiger partial charge on any atom is 0.328 e. The minimum Gasteiger partial charge on any atom is -0.480 e. The number of carbonyl (C=O) groups excluding carboxylic acids is 4. The van der Waals surface area contributed by atoms with E-state index in [9.17, 15) is 24.0 Å². The summed E-state index contributed by atoms with van der Waals surface area (Å²) in [6.45, 7) is 3.41. The molecule has 1 rings (SSSR count). The first-order valence-corrected chi connectivity index (χ1v) is 9.87. The van der Waals surface area contributed by atoms with E-state index in [1.807, 2.05) is 12.2 Å². The van der Waals surface area contributed by atoms with Crippen LogP contribution >= 0.6 is 0 Å². The maximum absolute atomic E-state index is 12.8. The molecule has 1 fully saturated rings. The first kappa shape index (κ1) is 25.3. The summed E-state index contributed by atoms with van der Waals surface area (Å²) in [4.78, 5) is 60.0. The average Bonchev–Trinajstić information content (AvgIpc) is 3.22. The van der Waals surface area contributed by atoms with Crippen molar-refractivity contribution in [2.24, 2.45) is 11.7 Å². The zero-order valence-corrected chi connectivity index (χ0v) is 17.1. The van der Waals surface area contributed by atoms with E-state index in [0.717, 1.165) is 6.42 Å². The van der Waals surface area contributed by atoms with Crippen LogP contribution in [0.2, 0.25) is 0 Å². The van der Waals surface area contributed by atoms with Crippen LogP contribution in [0.25, 0.3) is 0 Å². The molecule has 0 saturated carbocycles. The standard InChI is InChI=1S/C18H31N5O7/c1-3-9(2)14(23-15(26)10-5-4-6-20-10)17(28)21-11(7-13(19)25)16(27)22-12(8-24)18(29)30/h9-12,14,20,24H,3-8H2,1-2H3,(H2,19,25)(H,21,28)(H,22,27)(H,23,26)(H,29,30). The number of carboxylic acid groups (broad SMARTS) is 1. The SMILES string of the molecule is CCC(C)C(NC(=O)C1CCCN1)C(=O)NC(CC(N)=O)C(=O)NC(CO)C(=O)O. The minimum atomic E-state index is -1.61. The smallest absolute Gasteiger partial charge is 0.328 e. The van der Waals surface area contributed by atoms with Crippen LogP contribution in [-0.2, 0) is 24.0 Å². The minimum absolute atomic E-state index is 0.281. The molecule has 0 aliphatic carbocycles. The lowest BCUT2D eigenvalue weighted by Gasteiger charge is -2.27. The second kappa shape index (κ2) is 12.1. The lowest BCUT2D eigenvalue weighted by atomic mass is 9.97. The van der Waals surface area contributed by atoms with Crippen LogP contribution in [0.3, 0.4) is 0 Å². The van der Waals surface area contributed by atoms with Crippen LogP contribution in [0.5, 0.6) is 0 Å². The van der Waals surface area contributed by atoms with Gasteiger partial charge in [-0.15, -0.1) is 0 Å². The number of carbonyl (C=O) groups is 5. The molecule has 8 N–H and O–H groups in total.